The number of likely N-dealkylation sites (tertiary alicyclic amines) is 1. The van der Waals surface area contributed by atoms with E-state index in [1.807, 2.05) is 7.05 Å². The van der Waals surface area contributed by atoms with Gasteiger partial charge in [0.2, 0.25) is 0 Å². The highest BCUT2D eigenvalue weighted by atomic mass is 15.3. The van der Waals surface area contributed by atoms with Crippen LogP contribution in [0.1, 0.15) is 38.2 Å². The second kappa shape index (κ2) is 8.70. The molecule has 2 aliphatic rings. The van der Waals surface area contributed by atoms with Crippen molar-refractivity contribution in [2.45, 2.75) is 32.6 Å². The molecule has 25 heavy (non-hydrogen) atoms. The maximum Gasteiger partial charge on any atom is 0.193 e. The molecule has 1 aromatic rings. The largest absolute Gasteiger partial charge is 0.356 e. The van der Waals surface area contributed by atoms with Crippen LogP contribution in [0.25, 0.3) is 0 Å². The van der Waals surface area contributed by atoms with Gasteiger partial charge in [-0.1, -0.05) is 44.2 Å². The number of hydrogen-bond acceptors (Lipinski definition) is 2. The van der Waals surface area contributed by atoms with Gasteiger partial charge in [-0.15, -0.1) is 0 Å². The van der Waals surface area contributed by atoms with Crippen molar-refractivity contribution in [1.29, 1.82) is 0 Å². The van der Waals surface area contributed by atoms with E-state index in [-0.39, 0.29) is 0 Å². The Morgan fingerprint density at radius 1 is 1.24 bits per heavy atom. The molecule has 1 heterocycles. The average molecular weight is 343 g/mol. The van der Waals surface area contributed by atoms with E-state index in [1.54, 1.807) is 0 Å². The lowest BCUT2D eigenvalue weighted by Crippen LogP contribution is -2.41. The molecular formula is C21H34N4. The Hall–Kier alpha value is -1.55. The number of benzene rings is 1. The Balaban J connectivity index is 1.43. The van der Waals surface area contributed by atoms with Crippen molar-refractivity contribution in [2.24, 2.45) is 16.8 Å². The fourth-order valence-electron chi connectivity index (χ4n) is 4.16. The molecule has 0 aromatic heterocycles. The summed E-state index contributed by atoms with van der Waals surface area (Å²) in [6, 6.07) is 10.9. The molecule has 0 radical (unpaired) electrons. The molecule has 4 heteroatoms. The van der Waals surface area contributed by atoms with Crippen LogP contribution >= 0.6 is 0 Å². The molecule has 0 spiro atoms. The minimum atomic E-state index is 0.737. The van der Waals surface area contributed by atoms with Gasteiger partial charge >= 0.3 is 0 Å². The first-order chi connectivity index (χ1) is 12.2. The molecule has 1 N–H and O–H groups in total. The van der Waals surface area contributed by atoms with Crippen LogP contribution in [-0.2, 0) is 0 Å². The molecule has 3 unspecified atom stereocenters. The van der Waals surface area contributed by atoms with Crippen molar-refractivity contribution in [3.63, 3.8) is 0 Å². The summed E-state index contributed by atoms with van der Waals surface area (Å²) >= 11 is 0. The summed E-state index contributed by atoms with van der Waals surface area (Å²) < 4.78 is 0. The van der Waals surface area contributed by atoms with Crippen LogP contribution in [-0.4, -0.2) is 62.1 Å². The standard InChI is InChI=1S/C21H34N4/c1-4-24(5-2)15-17-11-12-25(16-17)21(22-3)23-14-19-13-20(19)18-9-7-6-8-10-18/h6-10,17,19-20H,4-5,11-16H2,1-3H3,(H,22,23). The Bertz CT molecular complexity index is 552. The number of nitrogens with one attached hydrogen (secondary N) is 1. The topological polar surface area (TPSA) is 30.9 Å². The lowest BCUT2D eigenvalue weighted by Gasteiger charge is -2.24. The molecule has 0 bridgehead atoms. The molecule has 1 aromatic carbocycles. The second-order valence-corrected chi connectivity index (χ2v) is 7.53. The lowest BCUT2D eigenvalue weighted by atomic mass is 10.1. The van der Waals surface area contributed by atoms with Crippen LogP contribution in [0.2, 0.25) is 0 Å². The normalized spacial score (nSPS) is 26.3. The van der Waals surface area contributed by atoms with Crippen LogP contribution in [0.3, 0.4) is 0 Å². The fraction of sp³-hybridized carbons (Fsp3) is 0.667. The number of aliphatic imine (C=N–C) groups is 1. The summed E-state index contributed by atoms with van der Waals surface area (Å²) in [5, 5.41) is 3.64. The highest BCUT2D eigenvalue weighted by Crippen LogP contribution is 2.46. The summed E-state index contributed by atoms with van der Waals surface area (Å²) in [5.74, 6) is 3.37. The third kappa shape index (κ3) is 4.75. The summed E-state index contributed by atoms with van der Waals surface area (Å²) in [6.45, 7) is 11.4. The van der Waals surface area contributed by atoms with Crippen LogP contribution in [0.5, 0.6) is 0 Å². The van der Waals surface area contributed by atoms with E-state index < -0.39 is 0 Å². The van der Waals surface area contributed by atoms with Gasteiger partial charge in [0, 0.05) is 33.2 Å². The van der Waals surface area contributed by atoms with Crippen molar-refractivity contribution in [3.05, 3.63) is 35.9 Å². The first kappa shape index (κ1) is 18.2. The molecule has 1 saturated carbocycles. The van der Waals surface area contributed by atoms with E-state index in [0.29, 0.717) is 0 Å². The van der Waals surface area contributed by atoms with E-state index in [9.17, 15) is 0 Å². The van der Waals surface area contributed by atoms with Crippen LogP contribution in [0.4, 0.5) is 0 Å². The first-order valence-corrected chi connectivity index (χ1v) is 9.98. The molecule has 3 rings (SSSR count). The highest BCUT2D eigenvalue weighted by molar-refractivity contribution is 5.80. The van der Waals surface area contributed by atoms with Gasteiger partial charge < -0.3 is 15.1 Å². The molecule has 1 saturated heterocycles. The molecule has 1 aliphatic heterocycles. The van der Waals surface area contributed by atoms with Crippen LogP contribution in [0, 0.1) is 11.8 Å². The zero-order valence-electron chi connectivity index (χ0n) is 16.1. The van der Waals surface area contributed by atoms with E-state index >= 15 is 0 Å². The Morgan fingerprint density at radius 3 is 2.68 bits per heavy atom. The van der Waals surface area contributed by atoms with Crippen molar-refractivity contribution in [3.8, 4) is 0 Å². The molecule has 1 aliphatic carbocycles. The quantitative estimate of drug-likeness (QED) is 0.610. The number of hydrogen-bond donors (Lipinski definition) is 1. The van der Waals surface area contributed by atoms with Crippen LogP contribution in [0.15, 0.2) is 35.3 Å². The van der Waals surface area contributed by atoms with Crippen molar-refractivity contribution in [1.82, 2.24) is 15.1 Å². The predicted octanol–water partition coefficient (Wildman–Crippen LogP) is 3.03. The van der Waals surface area contributed by atoms with E-state index in [0.717, 1.165) is 56.4 Å². The van der Waals surface area contributed by atoms with Gasteiger partial charge in [-0.25, -0.2) is 0 Å². The maximum absolute atomic E-state index is 4.54. The van der Waals surface area contributed by atoms with E-state index in [4.69, 9.17) is 0 Å². The van der Waals surface area contributed by atoms with Gasteiger partial charge in [0.05, 0.1) is 0 Å². The maximum atomic E-state index is 4.54. The molecule has 138 valence electrons. The Kier molecular flexibility index (Phi) is 6.35. The molecule has 3 atom stereocenters. The molecule has 4 nitrogen and oxygen atoms in total. The molecule has 2 fully saturated rings. The van der Waals surface area contributed by atoms with Crippen molar-refractivity contribution >= 4 is 5.96 Å². The van der Waals surface area contributed by atoms with E-state index in [1.165, 1.54) is 24.9 Å². The van der Waals surface area contributed by atoms with Gasteiger partial charge in [-0.2, -0.15) is 0 Å². The number of nitrogens with zero attached hydrogens (tertiary/aromatic N) is 3. The van der Waals surface area contributed by atoms with E-state index in [2.05, 4.69) is 64.3 Å². The van der Waals surface area contributed by atoms with Gasteiger partial charge in [0.15, 0.2) is 5.96 Å². The third-order valence-electron chi connectivity index (χ3n) is 5.88. The molecular weight excluding hydrogens is 308 g/mol. The second-order valence-electron chi connectivity index (χ2n) is 7.53. The Labute approximate surface area is 153 Å². The lowest BCUT2D eigenvalue weighted by molar-refractivity contribution is 0.255. The predicted molar refractivity (Wildman–Crippen MR) is 106 cm³/mol. The minimum Gasteiger partial charge on any atom is -0.356 e. The molecule has 0 amide bonds. The number of rotatable bonds is 7. The first-order valence-electron chi connectivity index (χ1n) is 9.98. The summed E-state index contributed by atoms with van der Waals surface area (Å²) in [4.78, 5) is 9.53. The van der Waals surface area contributed by atoms with Crippen LogP contribution < -0.4 is 5.32 Å². The minimum absolute atomic E-state index is 0.737. The summed E-state index contributed by atoms with van der Waals surface area (Å²) in [5.41, 5.74) is 1.49. The average Bonchev–Trinajstić information content (AvgIpc) is 3.29. The van der Waals surface area contributed by atoms with Crippen molar-refractivity contribution < 1.29 is 0 Å². The van der Waals surface area contributed by atoms with Gasteiger partial charge in [0.1, 0.15) is 0 Å². The van der Waals surface area contributed by atoms with Crippen molar-refractivity contribution in [2.75, 3.05) is 46.3 Å². The SMILES string of the molecule is CCN(CC)CC1CCN(C(=NC)NCC2CC2c2ccccc2)C1. The Morgan fingerprint density at radius 2 is 2.00 bits per heavy atom. The van der Waals surface area contributed by atoms with Gasteiger partial charge in [-0.3, -0.25) is 4.99 Å². The third-order valence-corrected chi connectivity index (χ3v) is 5.88. The number of guanidine groups is 1. The summed E-state index contributed by atoms with van der Waals surface area (Å²) in [7, 11) is 1.92. The zero-order chi connectivity index (χ0) is 17.6. The fourth-order valence-corrected chi connectivity index (χ4v) is 4.16. The highest BCUT2D eigenvalue weighted by Gasteiger charge is 2.38. The zero-order valence-corrected chi connectivity index (χ0v) is 16.1. The monoisotopic (exact) mass is 342 g/mol. The van der Waals surface area contributed by atoms with Gasteiger partial charge in [-0.05, 0) is 49.2 Å². The van der Waals surface area contributed by atoms with Gasteiger partial charge in [0.25, 0.3) is 0 Å². The smallest absolute Gasteiger partial charge is 0.193 e. The summed E-state index contributed by atoms with van der Waals surface area (Å²) in [6.07, 6.45) is 2.59.